The molecule has 0 radical (unpaired) electrons. The van der Waals surface area contributed by atoms with Crippen LogP contribution < -0.4 is 14.8 Å². The lowest BCUT2D eigenvalue weighted by molar-refractivity contribution is 0.286. The van der Waals surface area contributed by atoms with Gasteiger partial charge in [-0.25, -0.2) is 0 Å². The van der Waals surface area contributed by atoms with E-state index in [9.17, 15) is 0 Å². The molecule has 0 spiro atoms. The zero-order valence-electron chi connectivity index (χ0n) is 12.4. The van der Waals surface area contributed by atoms with E-state index in [-0.39, 0.29) is 0 Å². The summed E-state index contributed by atoms with van der Waals surface area (Å²) in [5.74, 6) is 1.76. The maximum atomic E-state index is 5.78. The minimum absolute atomic E-state index is 0.331. The molecule has 1 saturated carbocycles. The Kier molecular flexibility index (Phi) is 4.13. The van der Waals surface area contributed by atoms with Gasteiger partial charge in [0.2, 0.25) is 0 Å². The van der Waals surface area contributed by atoms with Crippen molar-refractivity contribution in [2.24, 2.45) is 0 Å². The number of benzene rings is 1. The second kappa shape index (κ2) is 6.02. The molecule has 4 nitrogen and oxygen atoms in total. The molecule has 1 heterocycles. The maximum absolute atomic E-state index is 5.78. The average Bonchev–Trinajstić information content (AvgIpc) is 3.29. The Morgan fingerprint density at radius 3 is 2.70 bits per heavy atom. The van der Waals surface area contributed by atoms with Crippen LogP contribution in [0.5, 0.6) is 11.5 Å². The lowest BCUT2D eigenvalue weighted by Crippen LogP contribution is -2.32. The molecular formula is C16H24N2O2. The molecule has 2 aliphatic rings. The highest BCUT2D eigenvalue weighted by Crippen LogP contribution is 2.33. The molecule has 20 heavy (non-hydrogen) atoms. The first kappa shape index (κ1) is 13.7. The molecule has 3 rings (SSSR count). The first-order valence-corrected chi connectivity index (χ1v) is 7.55. The highest BCUT2D eigenvalue weighted by molar-refractivity contribution is 5.44. The summed E-state index contributed by atoms with van der Waals surface area (Å²) < 4.78 is 11.5. The van der Waals surface area contributed by atoms with Gasteiger partial charge in [-0.1, -0.05) is 6.07 Å². The van der Waals surface area contributed by atoms with Gasteiger partial charge in [-0.3, -0.25) is 0 Å². The highest BCUT2D eigenvalue weighted by atomic mass is 16.5. The number of hydrogen-bond donors (Lipinski definition) is 1. The third kappa shape index (κ3) is 3.07. The predicted octanol–water partition coefficient (Wildman–Crippen LogP) is 2.20. The van der Waals surface area contributed by atoms with E-state index in [0.717, 1.165) is 43.7 Å². The SMILES string of the molecule is CNC(CN(C)C1CC1)c1ccc2c(c1)OCCCO2. The van der Waals surface area contributed by atoms with Crippen molar-refractivity contribution in [2.45, 2.75) is 31.3 Å². The van der Waals surface area contributed by atoms with Gasteiger partial charge in [0.1, 0.15) is 0 Å². The normalized spacial score (nSPS) is 19.8. The van der Waals surface area contributed by atoms with Crippen molar-refractivity contribution in [1.29, 1.82) is 0 Å². The molecule has 0 saturated heterocycles. The first-order chi connectivity index (χ1) is 9.78. The van der Waals surface area contributed by atoms with Gasteiger partial charge < -0.3 is 19.7 Å². The van der Waals surface area contributed by atoms with Crippen LogP contribution >= 0.6 is 0 Å². The third-order valence-corrected chi connectivity index (χ3v) is 4.16. The molecule has 0 amide bonds. The van der Waals surface area contributed by atoms with Crippen molar-refractivity contribution >= 4 is 0 Å². The molecule has 1 aromatic carbocycles. The molecule has 1 aliphatic heterocycles. The van der Waals surface area contributed by atoms with Crippen LogP contribution in [0.15, 0.2) is 18.2 Å². The fourth-order valence-electron chi connectivity index (χ4n) is 2.71. The molecule has 0 bridgehead atoms. The summed E-state index contributed by atoms with van der Waals surface area (Å²) in [4.78, 5) is 2.45. The molecule has 1 unspecified atom stereocenters. The van der Waals surface area contributed by atoms with Crippen LogP contribution in [0.25, 0.3) is 0 Å². The highest BCUT2D eigenvalue weighted by Gasteiger charge is 2.28. The number of fused-ring (bicyclic) bond motifs is 1. The van der Waals surface area contributed by atoms with Crippen LogP contribution in [0, 0.1) is 0 Å². The van der Waals surface area contributed by atoms with E-state index in [2.05, 4.69) is 29.4 Å². The van der Waals surface area contributed by atoms with Gasteiger partial charge in [0, 0.05) is 25.0 Å². The summed E-state index contributed by atoms with van der Waals surface area (Å²) in [6, 6.07) is 7.43. The van der Waals surface area contributed by atoms with Gasteiger partial charge in [-0.05, 0) is 44.6 Å². The number of hydrogen-bond acceptors (Lipinski definition) is 4. The van der Waals surface area contributed by atoms with Gasteiger partial charge in [0.05, 0.1) is 13.2 Å². The Bertz CT molecular complexity index is 460. The van der Waals surface area contributed by atoms with E-state index in [1.54, 1.807) is 0 Å². The molecule has 0 aromatic heterocycles. The van der Waals surface area contributed by atoms with Gasteiger partial charge >= 0.3 is 0 Å². The van der Waals surface area contributed by atoms with E-state index in [1.807, 2.05) is 13.1 Å². The molecule has 1 aromatic rings. The van der Waals surface area contributed by atoms with Crippen molar-refractivity contribution < 1.29 is 9.47 Å². The minimum atomic E-state index is 0.331. The second-order valence-corrected chi connectivity index (χ2v) is 5.77. The summed E-state index contributed by atoms with van der Waals surface area (Å²) >= 11 is 0. The van der Waals surface area contributed by atoms with Crippen molar-refractivity contribution in [3.05, 3.63) is 23.8 Å². The Morgan fingerprint density at radius 1 is 1.25 bits per heavy atom. The number of rotatable bonds is 5. The van der Waals surface area contributed by atoms with Crippen LogP contribution in [0.2, 0.25) is 0 Å². The zero-order chi connectivity index (χ0) is 13.9. The van der Waals surface area contributed by atoms with E-state index < -0.39 is 0 Å². The molecule has 1 fully saturated rings. The van der Waals surface area contributed by atoms with E-state index in [1.165, 1.54) is 18.4 Å². The first-order valence-electron chi connectivity index (χ1n) is 7.55. The lowest BCUT2D eigenvalue weighted by Gasteiger charge is -2.24. The van der Waals surface area contributed by atoms with Crippen LogP contribution in [-0.2, 0) is 0 Å². The van der Waals surface area contributed by atoms with E-state index >= 15 is 0 Å². The topological polar surface area (TPSA) is 33.7 Å². The largest absolute Gasteiger partial charge is 0.490 e. The van der Waals surface area contributed by atoms with Crippen LogP contribution in [0.4, 0.5) is 0 Å². The number of likely N-dealkylation sites (N-methyl/N-ethyl adjacent to an activating group) is 2. The third-order valence-electron chi connectivity index (χ3n) is 4.16. The van der Waals surface area contributed by atoms with Gasteiger partial charge in [-0.15, -0.1) is 0 Å². The Labute approximate surface area is 121 Å². The van der Waals surface area contributed by atoms with Gasteiger partial charge in [0.15, 0.2) is 11.5 Å². The molecular weight excluding hydrogens is 252 g/mol. The fraction of sp³-hybridized carbons (Fsp3) is 0.625. The lowest BCUT2D eigenvalue weighted by atomic mass is 10.1. The van der Waals surface area contributed by atoms with Gasteiger partial charge in [-0.2, -0.15) is 0 Å². The fourth-order valence-corrected chi connectivity index (χ4v) is 2.71. The van der Waals surface area contributed by atoms with Crippen LogP contribution in [0.1, 0.15) is 30.9 Å². The summed E-state index contributed by atoms with van der Waals surface area (Å²) in [6.45, 7) is 2.51. The Hall–Kier alpha value is -1.26. The van der Waals surface area contributed by atoms with Crippen molar-refractivity contribution in [2.75, 3.05) is 33.9 Å². The quantitative estimate of drug-likeness (QED) is 0.894. The zero-order valence-corrected chi connectivity index (χ0v) is 12.4. The summed E-state index contributed by atoms with van der Waals surface area (Å²) in [5.41, 5.74) is 1.27. The number of nitrogens with one attached hydrogen (secondary N) is 1. The van der Waals surface area contributed by atoms with Crippen molar-refractivity contribution in [3.8, 4) is 11.5 Å². The van der Waals surface area contributed by atoms with E-state index in [4.69, 9.17) is 9.47 Å². The molecule has 4 heteroatoms. The molecule has 1 N–H and O–H groups in total. The summed E-state index contributed by atoms with van der Waals surface area (Å²) in [7, 11) is 4.24. The molecule has 1 atom stereocenters. The smallest absolute Gasteiger partial charge is 0.161 e. The van der Waals surface area contributed by atoms with Gasteiger partial charge in [0.25, 0.3) is 0 Å². The summed E-state index contributed by atoms with van der Waals surface area (Å²) in [5, 5.41) is 3.42. The standard InChI is InChI=1S/C16H24N2O2/c1-17-14(11-18(2)13-5-6-13)12-4-7-15-16(10-12)20-9-3-8-19-15/h4,7,10,13-14,17H,3,5-6,8-9,11H2,1-2H3. The maximum Gasteiger partial charge on any atom is 0.161 e. The second-order valence-electron chi connectivity index (χ2n) is 5.77. The number of ether oxygens (including phenoxy) is 2. The number of nitrogens with zero attached hydrogens (tertiary/aromatic N) is 1. The van der Waals surface area contributed by atoms with Crippen LogP contribution in [0.3, 0.4) is 0 Å². The Morgan fingerprint density at radius 2 is 2.00 bits per heavy atom. The van der Waals surface area contributed by atoms with E-state index in [0.29, 0.717) is 6.04 Å². The van der Waals surface area contributed by atoms with Crippen molar-refractivity contribution in [1.82, 2.24) is 10.2 Å². The van der Waals surface area contributed by atoms with Crippen molar-refractivity contribution in [3.63, 3.8) is 0 Å². The minimum Gasteiger partial charge on any atom is -0.490 e. The monoisotopic (exact) mass is 276 g/mol. The molecule has 110 valence electrons. The molecule has 1 aliphatic carbocycles. The van der Waals surface area contributed by atoms with Crippen LogP contribution in [-0.4, -0.2) is 44.8 Å². The predicted molar refractivity (Wildman–Crippen MR) is 79.5 cm³/mol. The summed E-state index contributed by atoms with van der Waals surface area (Å²) in [6.07, 6.45) is 3.63. The average molecular weight is 276 g/mol. The Balaban J connectivity index is 1.75.